The Hall–Kier alpha value is -1.64. The van der Waals surface area contributed by atoms with Crippen LogP contribution in [-0.4, -0.2) is 44.2 Å². The fourth-order valence-electron chi connectivity index (χ4n) is 1.91. The van der Waals surface area contributed by atoms with Crippen molar-refractivity contribution < 1.29 is 9.13 Å². The number of halogens is 1. The van der Waals surface area contributed by atoms with Gasteiger partial charge in [0.15, 0.2) is 11.6 Å². The van der Waals surface area contributed by atoms with E-state index in [1.165, 1.54) is 12.1 Å². The van der Waals surface area contributed by atoms with Crippen LogP contribution in [0, 0.1) is 17.1 Å². The molecular weight excluding hydrogens is 233 g/mol. The van der Waals surface area contributed by atoms with Gasteiger partial charge in [0.2, 0.25) is 0 Å². The van der Waals surface area contributed by atoms with Crippen molar-refractivity contribution in [1.29, 1.82) is 5.26 Å². The van der Waals surface area contributed by atoms with Crippen LogP contribution >= 0.6 is 0 Å². The predicted octanol–water partition coefficient (Wildman–Crippen LogP) is 0.981. The molecule has 1 aromatic carbocycles. The van der Waals surface area contributed by atoms with Crippen molar-refractivity contribution in [3.8, 4) is 11.8 Å². The second-order valence-electron chi connectivity index (χ2n) is 4.20. The molecule has 0 saturated carbocycles. The monoisotopic (exact) mass is 249 g/mol. The van der Waals surface area contributed by atoms with Crippen molar-refractivity contribution in [2.75, 3.05) is 39.3 Å². The third-order valence-corrected chi connectivity index (χ3v) is 2.94. The highest BCUT2D eigenvalue weighted by Gasteiger charge is 2.10. The van der Waals surface area contributed by atoms with Gasteiger partial charge in [-0.25, -0.2) is 4.39 Å². The molecule has 0 amide bonds. The predicted molar refractivity (Wildman–Crippen MR) is 65.9 cm³/mol. The maximum Gasteiger partial charge on any atom is 0.166 e. The number of hydrogen-bond donors (Lipinski definition) is 1. The van der Waals surface area contributed by atoms with Gasteiger partial charge in [0.25, 0.3) is 0 Å². The van der Waals surface area contributed by atoms with Gasteiger partial charge >= 0.3 is 0 Å². The lowest BCUT2D eigenvalue weighted by molar-refractivity contribution is 0.188. The fourth-order valence-corrected chi connectivity index (χ4v) is 1.91. The summed E-state index contributed by atoms with van der Waals surface area (Å²) in [6.07, 6.45) is 0. The number of benzene rings is 1. The average Bonchev–Trinajstić information content (AvgIpc) is 2.42. The van der Waals surface area contributed by atoms with E-state index in [0.29, 0.717) is 12.2 Å². The van der Waals surface area contributed by atoms with Gasteiger partial charge in [-0.2, -0.15) is 5.26 Å². The summed E-state index contributed by atoms with van der Waals surface area (Å²) in [4.78, 5) is 2.28. The lowest BCUT2D eigenvalue weighted by Gasteiger charge is -2.26. The van der Waals surface area contributed by atoms with Crippen molar-refractivity contribution in [2.45, 2.75) is 0 Å². The Labute approximate surface area is 106 Å². The van der Waals surface area contributed by atoms with Gasteiger partial charge in [0, 0.05) is 32.7 Å². The van der Waals surface area contributed by atoms with Crippen LogP contribution in [0.3, 0.4) is 0 Å². The molecule has 5 heteroatoms. The van der Waals surface area contributed by atoms with E-state index < -0.39 is 5.82 Å². The van der Waals surface area contributed by atoms with Gasteiger partial charge in [0.1, 0.15) is 6.61 Å². The molecule has 1 aromatic rings. The molecule has 0 aromatic heterocycles. The molecule has 0 unspecified atom stereocenters. The van der Waals surface area contributed by atoms with Crippen molar-refractivity contribution >= 4 is 0 Å². The molecule has 0 radical (unpaired) electrons. The Morgan fingerprint density at radius 1 is 1.39 bits per heavy atom. The van der Waals surface area contributed by atoms with Gasteiger partial charge in [-0.3, -0.25) is 4.90 Å². The minimum Gasteiger partial charge on any atom is -0.489 e. The first-order chi connectivity index (χ1) is 8.79. The Morgan fingerprint density at radius 3 is 2.83 bits per heavy atom. The van der Waals surface area contributed by atoms with E-state index in [9.17, 15) is 4.39 Å². The quantitative estimate of drug-likeness (QED) is 0.864. The molecule has 1 fully saturated rings. The molecule has 2 rings (SSSR count). The van der Waals surface area contributed by atoms with Crippen molar-refractivity contribution in [1.82, 2.24) is 10.2 Å². The number of nitrogens with zero attached hydrogens (tertiary/aromatic N) is 2. The van der Waals surface area contributed by atoms with Crippen LogP contribution in [0.1, 0.15) is 5.56 Å². The number of rotatable bonds is 4. The summed E-state index contributed by atoms with van der Waals surface area (Å²) < 4.78 is 18.9. The Morgan fingerprint density at radius 2 is 2.17 bits per heavy atom. The highest BCUT2D eigenvalue weighted by molar-refractivity contribution is 5.35. The summed E-state index contributed by atoms with van der Waals surface area (Å²) in [5.41, 5.74) is 0.307. The Balaban J connectivity index is 1.81. The first kappa shape index (κ1) is 12.8. The normalized spacial score (nSPS) is 16.2. The minimum absolute atomic E-state index is 0.212. The van der Waals surface area contributed by atoms with Gasteiger partial charge in [-0.15, -0.1) is 0 Å². The Kier molecular flexibility index (Phi) is 4.51. The second-order valence-corrected chi connectivity index (χ2v) is 4.20. The van der Waals surface area contributed by atoms with Crippen LogP contribution in [-0.2, 0) is 0 Å². The van der Waals surface area contributed by atoms with Crippen LogP contribution in [0.25, 0.3) is 0 Å². The van der Waals surface area contributed by atoms with Crippen LogP contribution < -0.4 is 10.1 Å². The molecule has 1 aliphatic heterocycles. The molecule has 0 aliphatic carbocycles. The van der Waals surface area contributed by atoms with E-state index in [4.69, 9.17) is 10.00 Å². The maximum absolute atomic E-state index is 13.5. The molecule has 96 valence electrons. The molecule has 1 saturated heterocycles. The summed E-state index contributed by atoms with van der Waals surface area (Å²) in [6, 6.07) is 6.15. The highest BCUT2D eigenvalue weighted by atomic mass is 19.1. The number of nitriles is 1. The van der Waals surface area contributed by atoms with E-state index in [1.54, 1.807) is 6.07 Å². The number of ether oxygens (including phenoxy) is 1. The van der Waals surface area contributed by atoms with Gasteiger partial charge in [-0.05, 0) is 18.2 Å². The van der Waals surface area contributed by atoms with Crippen molar-refractivity contribution in [2.24, 2.45) is 0 Å². The van der Waals surface area contributed by atoms with E-state index in [1.807, 2.05) is 6.07 Å². The lowest BCUT2D eigenvalue weighted by atomic mass is 10.2. The third kappa shape index (κ3) is 3.42. The third-order valence-electron chi connectivity index (χ3n) is 2.94. The summed E-state index contributed by atoms with van der Waals surface area (Å²) in [7, 11) is 0. The van der Waals surface area contributed by atoms with Gasteiger partial charge in [-0.1, -0.05) is 0 Å². The molecule has 18 heavy (non-hydrogen) atoms. The van der Waals surface area contributed by atoms with E-state index in [-0.39, 0.29) is 5.75 Å². The SMILES string of the molecule is N#Cc1ccc(OCCN2CCNCC2)c(F)c1. The first-order valence-electron chi connectivity index (χ1n) is 6.05. The topological polar surface area (TPSA) is 48.3 Å². The number of piperazine rings is 1. The summed E-state index contributed by atoms with van der Waals surface area (Å²) in [5, 5.41) is 11.9. The van der Waals surface area contributed by atoms with Crippen LogP contribution in [0.4, 0.5) is 4.39 Å². The zero-order valence-corrected chi connectivity index (χ0v) is 10.2. The molecule has 0 bridgehead atoms. The second kappa shape index (κ2) is 6.34. The molecular formula is C13H16FN3O. The van der Waals surface area contributed by atoms with E-state index >= 15 is 0 Å². The number of nitrogens with one attached hydrogen (secondary N) is 1. The molecule has 1 N–H and O–H groups in total. The molecule has 0 spiro atoms. The fraction of sp³-hybridized carbons (Fsp3) is 0.462. The minimum atomic E-state index is -0.477. The zero-order chi connectivity index (χ0) is 12.8. The van der Waals surface area contributed by atoms with Crippen molar-refractivity contribution in [3.05, 3.63) is 29.6 Å². The first-order valence-corrected chi connectivity index (χ1v) is 6.05. The average molecular weight is 249 g/mol. The Bertz CT molecular complexity index is 438. The van der Waals surface area contributed by atoms with Crippen LogP contribution in [0.15, 0.2) is 18.2 Å². The van der Waals surface area contributed by atoms with Gasteiger partial charge < -0.3 is 10.1 Å². The summed E-state index contributed by atoms with van der Waals surface area (Å²) in [5.74, 6) is -0.265. The lowest BCUT2D eigenvalue weighted by Crippen LogP contribution is -2.44. The molecule has 1 heterocycles. The largest absolute Gasteiger partial charge is 0.489 e. The van der Waals surface area contributed by atoms with Crippen LogP contribution in [0.2, 0.25) is 0 Å². The molecule has 4 nitrogen and oxygen atoms in total. The van der Waals surface area contributed by atoms with Gasteiger partial charge in [0.05, 0.1) is 11.6 Å². The standard InChI is InChI=1S/C13H16FN3O/c14-12-9-11(10-15)1-2-13(12)18-8-7-17-5-3-16-4-6-17/h1-2,9,16H,3-8H2. The van der Waals surface area contributed by atoms with Crippen LogP contribution in [0.5, 0.6) is 5.75 Å². The summed E-state index contributed by atoms with van der Waals surface area (Å²) >= 11 is 0. The molecule has 1 aliphatic rings. The van der Waals surface area contributed by atoms with E-state index in [0.717, 1.165) is 32.7 Å². The van der Waals surface area contributed by atoms with E-state index in [2.05, 4.69) is 10.2 Å². The zero-order valence-electron chi connectivity index (χ0n) is 10.2. The molecule has 0 atom stereocenters. The summed E-state index contributed by atoms with van der Waals surface area (Å²) in [6.45, 7) is 5.23. The van der Waals surface area contributed by atoms with Crippen molar-refractivity contribution in [3.63, 3.8) is 0 Å². The maximum atomic E-state index is 13.5. The number of hydrogen-bond acceptors (Lipinski definition) is 4. The highest BCUT2D eigenvalue weighted by Crippen LogP contribution is 2.17. The smallest absolute Gasteiger partial charge is 0.166 e.